The van der Waals surface area contributed by atoms with Crippen molar-refractivity contribution in [3.63, 3.8) is 0 Å². The summed E-state index contributed by atoms with van der Waals surface area (Å²) in [6.07, 6.45) is 9.44. The molecule has 1 atom stereocenters. The fourth-order valence-electron chi connectivity index (χ4n) is 2.92. The van der Waals surface area contributed by atoms with E-state index in [0.29, 0.717) is 11.1 Å². The van der Waals surface area contributed by atoms with Gasteiger partial charge in [0.15, 0.2) is 0 Å². The molecule has 1 aromatic carbocycles. The largest absolute Gasteiger partial charge is 0.307 e. The van der Waals surface area contributed by atoms with Gasteiger partial charge in [0.1, 0.15) is 0 Å². The van der Waals surface area contributed by atoms with Crippen LogP contribution in [0, 0.1) is 0 Å². The van der Waals surface area contributed by atoms with Gasteiger partial charge in [-0.05, 0) is 37.5 Å². The maximum absolute atomic E-state index is 6.28. The van der Waals surface area contributed by atoms with E-state index in [0.717, 1.165) is 10.6 Å². The molecule has 0 bridgehead atoms. The third kappa shape index (κ3) is 4.66. The van der Waals surface area contributed by atoms with E-state index in [1.165, 1.54) is 44.9 Å². The summed E-state index contributed by atoms with van der Waals surface area (Å²) in [5, 5.41) is 5.20. The highest BCUT2D eigenvalue weighted by atomic mass is 35.5. The summed E-state index contributed by atoms with van der Waals surface area (Å²) in [6.45, 7) is 2.19. The number of rotatable bonds is 3. The van der Waals surface area contributed by atoms with Crippen molar-refractivity contribution in [3.05, 3.63) is 33.8 Å². The van der Waals surface area contributed by atoms with Crippen LogP contribution in [0.25, 0.3) is 0 Å². The number of benzene rings is 1. The van der Waals surface area contributed by atoms with Gasteiger partial charge in [0.2, 0.25) is 0 Å². The molecule has 19 heavy (non-hydrogen) atoms. The lowest BCUT2D eigenvalue weighted by Crippen LogP contribution is -2.32. The third-order valence-electron chi connectivity index (χ3n) is 4.02. The summed E-state index contributed by atoms with van der Waals surface area (Å²) in [7, 11) is 0. The van der Waals surface area contributed by atoms with Gasteiger partial charge in [-0.3, -0.25) is 0 Å². The maximum Gasteiger partial charge on any atom is 0.0468 e. The van der Waals surface area contributed by atoms with Crippen molar-refractivity contribution in [1.82, 2.24) is 5.32 Å². The average Bonchev–Trinajstić information content (AvgIpc) is 2.32. The van der Waals surface area contributed by atoms with Crippen LogP contribution in [0.4, 0.5) is 0 Å². The minimum Gasteiger partial charge on any atom is -0.307 e. The van der Waals surface area contributed by atoms with E-state index in [-0.39, 0.29) is 6.04 Å². The SMILES string of the molecule is CC(NC1CCCCCCC1)c1ccc(Cl)cc1Cl. The Hall–Kier alpha value is -0.240. The average molecular weight is 300 g/mol. The van der Waals surface area contributed by atoms with E-state index >= 15 is 0 Å². The molecule has 1 saturated carbocycles. The topological polar surface area (TPSA) is 12.0 Å². The molecule has 1 aromatic rings. The first-order valence-corrected chi connectivity index (χ1v) is 8.13. The zero-order valence-electron chi connectivity index (χ0n) is 11.6. The normalized spacial score (nSPS) is 19.7. The van der Waals surface area contributed by atoms with Gasteiger partial charge in [0, 0.05) is 22.1 Å². The molecule has 106 valence electrons. The van der Waals surface area contributed by atoms with E-state index in [2.05, 4.69) is 12.2 Å². The molecule has 1 aliphatic carbocycles. The van der Waals surface area contributed by atoms with Crippen molar-refractivity contribution in [2.75, 3.05) is 0 Å². The quantitative estimate of drug-likeness (QED) is 0.748. The number of hydrogen-bond donors (Lipinski definition) is 1. The minimum atomic E-state index is 0.286. The molecule has 0 aromatic heterocycles. The second-order valence-corrected chi connectivity index (χ2v) is 6.44. The van der Waals surface area contributed by atoms with Crippen LogP contribution < -0.4 is 5.32 Å². The molecule has 3 heteroatoms. The van der Waals surface area contributed by atoms with Gasteiger partial charge in [-0.15, -0.1) is 0 Å². The molecule has 0 radical (unpaired) electrons. The van der Waals surface area contributed by atoms with E-state index in [4.69, 9.17) is 23.2 Å². The Balaban J connectivity index is 1.96. The van der Waals surface area contributed by atoms with Crippen LogP contribution >= 0.6 is 23.2 Å². The van der Waals surface area contributed by atoms with E-state index < -0.39 is 0 Å². The monoisotopic (exact) mass is 299 g/mol. The summed E-state index contributed by atoms with van der Waals surface area (Å²) in [5.41, 5.74) is 1.15. The van der Waals surface area contributed by atoms with Crippen LogP contribution in [-0.4, -0.2) is 6.04 Å². The van der Waals surface area contributed by atoms with E-state index in [1.54, 1.807) is 0 Å². The molecular formula is C16H23Cl2N. The van der Waals surface area contributed by atoms with E-state index in [1.807, 2.05) is 18.2 Å². The number of hydrogen-bond acceptors (Lipinski definition) is 1. The molecule has 0 spiro atoms. The number of halogens is 2. The van der Waals surface area contributed by atoms with Crippen molar-refractivity contribution in [2.45, 2.75) is 64.0 Å². The highest BCUT2D eigenvalue weighted by molar-refractivity contribution is 6.35. The Morgan fingerprint density at radius 2 is 1.68 bits per heavy atom. The molecule has 0 heterocycles. The van der Waals surface area contributed by atoms with Gasteiger partial charge < -0.3 is 5.32 Å². The molecule has 0 saturated heterocycles. The Kier molecular flexibility index (Phi) is 6.00. The van der Waals surface area contributed by atoms with Crippen molar-refractivity contribution in [2.24, 2.45) is 0 Å². The standard InChI is InChI=1S/C16H23Cl2N/c1-12(15-10-9-13(17)11-16(15)18)19-14-7-5-3-2-4-6-8-14/h9-12,14,19H,2-8H2,1H3. The molecular weight excluding hydrogens is 277 g/mol. The van der Waals surface area contributed by atoms with Gasteiger partial charge in [-0.1, -0.05) is 61.4 Å². The number of nitrogens with one attached hydrogen (secondary N) is 1. The second-order valence-electron chi connectivity index (χ2n) is 5.60. The van der Waals surface area contributed by atoms with Crippen molar-refractivity contribution < 1.29 is 0 Å². The van der Waals surface area contributed by atoms with Gasteiger partial charge in [-0.25, -0.2) is 0 Å². The summed E-state index contributed by atoms with van der Waals surface area (Å²) in [5.74, 6) is 0. The highest BCUT2D eigenvalue weighted by Crippen LogP contribution is 2.27. The van der Waals surface area contributed by atoms with Crippen molar-refractivity contribution in [1.29, 1.82) is 0 Å². The first kappa shape index (κ1) is 15.2. The van der Waals surface area contributed by atoms with Gasteiger partial charge in [-0.2, -0.15) is 0 Å². The molecule has 1 fully saturated rings. The van der Waals surface area contributed by atoms with E-state index in [9.17, 15) is 0 Å². The Morgan fingerprint density at radius 3 is 2.32 bits per heavy atom. The molecule has 0 amide bonds. The van der Waals surface area contributed by atoms with Crippen molar-refractivity contribution >= 4 is 23.2 Å². The lowest BCUT2D eigenvalue weighted by atomic mass is 9.95. The fraction of sp³-hybridized carbons (Fsp3) is 0.625. The van der Waals surface area contributed by atoms with Crippen molar-refractivity contribution in [3.8, 4) is 0 Å². The lowest BCUT2D eigenvalue weighted by molar-refractivity contribution is 0.363. The molecule has 1 unspecified atom stereocenters. The van der Waals surface area contributed by atoms with Crippen LogP contribution in [-0.2, 0) is 0 Å². The predicted molar refractivity (Wildman–Crippen MR) is 84.1 cm³/mol. The molecule has 0 aliphatic heterocycles. The second kappa shape index (κ2) is 7.52. The Morgan fingerprint density at radius 1 is 1.05 bits per heavy atom. The summed E-state index contributed by atoms with van der Waals surface area (Å²) in [4.78, 5) is 0. The summed E-state index contributed by atoms with van der Waals surface area (Å²) >= 11 is 12.2. The van der Waals surface area contributed by atoms with Gasteiger partial charge >= 0.3 is 0 Å². The molecule has 1 aliphatic rings. The summed E-state index contributed by atoms with van der Waals surface area (Å²) < 4.78 is 0. The van der Waals surface area contributed by atoms with Crippen LogP contribution in [0.5, 0.6) is 0 Å². The maximum atomic E-state index is 6.28. The predicted octanol–water partition coefficient (Wildman–Crippen LogP) is 5.76. The fourth-order valence-corrected chi connectivity index (χ4v) is 3.49. The first-order chi connectivity index (χ1) is 9.16. The minimum absolute atomic E-state index is 0.286. The zero-order valence-corrected chi connectivity index (χ0v) is 13.1. The first-order valence-electron chi connectivity index (χ1n) is 7.38. The Labute approximate surface area is 126 Å². The third-order valence-corrected chi connectivity index (χ3v) is 4.58. The van der Waals surface area contributed by atoms with Crippen LogP contribution in [0.1, 0.15) is 63.5 Å². The smallest absolute Gasteiger partial charge is 0.0468 e. The van der Waals surface area contributed by atoms with Crippen LogP contribution in [0.15, 0.2) is 18.2 Å². The van der Waals surface area contributed by atoms with Crippen LogP contribution in [0.2, 0.25) is 10.0 Å². The Bertz CT molecular complexity index is 398. The molecule has 1 N–H and O–H groups in total. The van der Waals surface area contributed by atoms with Crippen LogP contribution in [0.3, 0.4) is 0 Å². The van der Waals surface area contributed by atoms with Gasteiger partial charge in [0.05, 0.1) is 0 Å². The molecule has 2 rings (SSSR count). The summed E-state index contributed by atoms with van der Waals surface area (Å²) in [6, 6.07) is 6.69. The molecule has 1 nitrogen and oxygen atoms in total. The highest BCUT2D eigenvalue weighted by Gasteiger charge is 2.16. The van der Waals surface area contributed by atoms with Gasteiger partial charge in [0.25, 0.3) is 0 Å². The zero-order chi connectivity index (χ0) is 13.7. The lowest BCUT2D eigenvalue weighted by Gasteiger charge is -2.26.